The van der Waals surface area contributed by atoms with E-state index in [2.05, 4.69) is 41.1 Å². The molecule has 0 unspecified atom stereocenters. The largest absolute Gasteiger partial charge is 2.00 e. The molecule has 4 aromatic carbocycles. The van der Waals surface area contributed by atoms with E-state index in [0.717, 1.165) is 22.7 Å². The SMILES string of the molecule is [Mn+2].c1ccc([N-]c2ccccc2N=Nc2ccccn2)cc1.c1ccc([N-]c2ccccc2N=Nc2ccccn2)cc1. The first kappa shape index (κ1) is 30.5. The number of rotatable bonds is 8. The molecule has 2 heterocycles. The Morgan fingerprint density at radius 3 is 1.14 bits per heavy atom. The standard InChI is InChI=1S/2C17H13N4.Mn/c2*1-2-8-14(9-3-1)19-15-10-4-5-11-16(15)20-21-17-12-6-7-13-18-17;/h2*1-13H;/q2*-1;+2. The zero-order valence-electron chi connectivity index (χ0n) is 23.0. The van der Waals surface area contributed by atoms with Gasteiger partial charge in [-0.1, -0.05) is 109 Å². The Morgan fingerprint density at radius 1 is 0.372 bits per heavy atom. The minimum atomic E-state index is 0. The van der Waals surface area contributed by atoms with Crippen LogP contribution in [0.2, 0.25) is 0 Å². The van der Waals surface area contributed by atoms with Gasteiger partial charge in [-0.25, -0.2) is 9.97 Å². The molecule has 6 rings (SSSR count). The van der Waals surface area contributed by atoms with Gasteiger partial charge in [0.05, 0.1) is 11.4 Å². The van der Waals surface area contributed by atoms with Crippen molar-refractivity contribution in [1.29, 1.82) is 0 Å². The maximum absolute atomic E-state index is 4.58. The van der Waals surface area contributed by atoms with Crippen LogP contribution in [0.4, 0.5) is 45.8 Å². The second-order valence-corrected chi connectivity index (χ2v) is 8.65. The zero-order chi connectivity index (χ0) is 28.7. The molecular weight excluding hydrogens is 575 g/mol. The van der Waals surface area contributed by atoms with E-state index >= 15 is 0 Å². The third-order valence-electron chi connectivity index (χ3n) is 5.59. The van der Waals surface area contributed by atoms with Crippen LogP contribution >= 0.6 is 0 Å². The maximum Gasteiger partial charge on any atom is 2.00 e. The van der Waals surface area contributed by atoms with E-state index in [1.165, 1.54) is 0 Å². The molecule has 0 amide bonds. The monoisotopic (exact) mass is 601 g/mol. The second-order valence-electron chi connectivity index (χ2n) is 8.65. The van der Waals surface area contributed by atoms with Gasteiger partial charge in [-0.3, -0.25) is 0 Å². The molecule has 6 aromatic rings. The minimum Gasteiger partial charge on any atom is -0.656 e. The van der Waals surface area contributed by atoms with Crippen molar-refractivity contribution in [1.82, 2.24) is 9.97 Å². The molecule has 2 aromatic heterocycles. The molecule has 0 saturated heterocycles. The fraction of sp³-hybridized carbons (Fsp3) is 0. The molecule has 1 radical (unpaired) electrons. The number of nitrogens with zero attached hydrogens (tertiary/aromatic N) is 8. The summed E-state index contributed by atoms with van der Waals surface area (Å²) in [7, 11) is 0. The minimum absolute atomic E-state index is 0. The molecule has 0 spiro atoms. The summed E-state index contributed by atoms with van der Waals surface area (Å²) < 4.78 is 0. The van der Waals surface area contributed by atoms with Gasteiger partial charge in [0.2, 0.25) is 0 Å². The Labute approximate surface area is 261 Å². The number of hydrogen-bond donors (Lipinski definition) is 0. The summed E-state index contributed by atoms with van der Waals surface area (Å²) in [5.41, 5.74) is 4.77. The Bertz CT molecular complexity index is 1590. The van der Waals surface area contributed by atoms with Crippen LogP contribution in [0.5, 0.6) is 0 Å². The maximum atomic E-state index is 4.58. The van der Waals surface area contributed by atoms with E-state index < -0.39 is 0 Å². The molecule has 8 nitrogen and oxygen atoms in total. The van der Waals surface area contributed by atoms with Crippen molar-refractivity contribution in [2.75, 3.05) is 0 Å². The van der Waals surface area contributed by atoms with Crippen LogP contribution in [-0.2, 0) is 17.1 Å². The molecule has 0 aliphatic carbocycles. The Kier molecular flexibility index (Phi) is 11.8. The van der Waals surface area contributed by atoms with E-state index in [1.54, 1.807) is 24.5 Å². The van der Waals surface area contributed by atoms with Gasteiger partial charge in [-0.05, 0) is 36.4 Å². The van der Waals surface area contributed by atoms with Gasteiger partial charge in [0.25, 0.3) is 0 Å². The van der Waals surface area contributed by atoms with Crippen molar-refractivity contribution in [3.63, 3.8) is 0 Å². The molecule has 0 saturated carbocycles. The Balaban J connectivity index is 0.000000192. The molecule has 0 N–H and O–H groups in total. The first-order valence-electron chi connectivity index (χ1n) is 13.2. The van der Waals surface area contributed by atoms with Gasteiger partial charge in [-0.2, -0.15) is 10.2 Å². The van der Waals surface area contributed by atoms with Gasteiger partial charge in [-0.15, -0.1) is 33.0 Å². The average Bonchev–Trinajstić information content (AvgIpc) is 3.06. The summed E-state index contributed by atoms with van der Waals surface area (Å²) in [6, 6.07) is 45.9. The molecule has 209 valence electrons. The predicted molar refractivity (Wildman–Crippen MR) is 168 cm³/mol. The quantitative estimate of drug-likeness (QED) is 0.128. The van der Waals surface area contributed by atoms with Crippen molar-refractivity contribution in [3.05, 3.63) is 169 Å². The Morgan fingerprint density at radius 2 is 0.744 bits per heavy atom. The van der Waals surface area contributed by atoms with Crippen LogP contribution in [0.25, 0.3) is 10.6 Å². The third kappa shape index (κ3) is 9.82. The fourth-order valence-corrected chi connectivity index (χ4v) is 3.61. The van der Waals surface area contributed by atoms with Crippen LogP contribution in [0.3, 0.4) is 0 Å². The summed E-state index contributed by atoms with van der Waals surface area (Å²) in [5, 5.41) is 25.9. The van der Waals surface area contributed by atoms with Gasteiger partial charge in [0.15, 0.2) is 11.6 Å². The first-order valence-corrected chi connectivity index (χ1v) is 13.2. The molecule has 0 fully saturated rings. The van der Waals surface area contributed by atoms with Gasteiger partial charge in [0, 0.05) is 12.4 Å². The molecule has 0 aliphatic rings. The van der Waals surface area contributed by atoms with Gasteiger partial charge >= 0.3 is 17.1 Å². The number of pyridine rings is 2. The normalized spacial score (nSPS) is 10.4. The van der Waals surface area contributed by atoms with Gasteiger partial charge < -0.3 is 10.6 Å². The number of benzene rings is 4. The molecular formula is C34H26MnN8. The van der Waals surface area contributed by atoms with Crippen molar-refractivity contribution >= 4 is 45.8 Å². The molecule has 0 bridgehead atoms. The summed E-state index contributed by atoms with van der Waals surface area (Å²) in [6.07, 6.45) is 3.38. The number of para-hydroxylation sites is 4. The topological polar surface area (TPSA) is 103 Å². The summed E-state index contributed by atoms with van der Waals surface area (Å²) >= 11 is 0. The van der Waals surface area contributed by atoms with Crippen LogP contribution in [0.15, 0.2) is 178 Å². The van der Waals surface area contributed by atoms with E-state index in [4.69, 9.17) is 0 Å². The number of aromatic nitrogens is 2. The van der Waals surface area contributed by atoms with Crippen LogP contribution < -0.4 is 0 Å². The van der Waals surface area contributed by atoms with Crippen LogP contribution in [-0.4, -0.2) is 9.97 Å². The first-order chi connectivity index (χ1) is 20.8. The van der Waals surface area contributed by atoms with E-state index in [0.29, 0.717) is 23.0 Å². The zero-order valence-corrected chi connectivity index (χ0v) is 24.1. The van der Waals surface area contributed by atoms with Crippen molar-refractivity contribution in [2.24, 2.45) is 20.5 Å². The van der Waals surface area contributed by atoms with Crippen molar-refractivity contribution < 1.29 is 17.1 Å². The molecule has 9 heteroatoms. The molecule has 0 atom stereocenters. The third-order valence-corrected chi connectivity index (χ3v) is 5.59. The predicted octanol–water partition coefficient (Wildman–Crippen LogP) is 11.7. The van der Waals surface area contributed by atoms with Crippen LogP contribution in [0, 0.1) is 0 Å². The second kappa shape index (κ2) is 16.7. The number of azo groups is 2. The van der Waals surface area contributed by atoms with E-state index in [1.807, 2.05) is 133 Å². The smallest absolute Gasteiger partial charge is 0.656 e. The average molecular weight is 602 g/mol. The Hall–Kier alpha value is -5.50. The van der Waals surface area contributed by atoms with Crippen LogP contribution in [0.1, 0.15) is 0 Å². The molecule has 43 heavy (non-hydrogen) atoms. The summed E-state index contributed by atoms with van der Waals surface area (Å²) in [5.74, 6) is 1.15. The molecule has 0 aliphatic heterocycles. The number of hydrogen-bond acceptors (Lipinski definition) is 6. The van der Waals surface area contributed by atoms with E-state index in [9.17, 15) is 0 Å². The van der Waals surface area contributed by atoms with Crippen molar-refractivity contribution in [2.45, 2.75) is 0 Å². The van der Waals surface area contributed by atoms with Gasteiger partial charge in [0.1, 0.15) is 0 Å². The summed E-state index contributed by atoms with van der Waals surface area (Å²) in [6.45, 7) is 0. The summed E-state index contributed by atoms with van der Waals surface area (Å²) in [4.78, 5) is 8.23. The fourth-order valence-electron chi connectivity index (χ4n) is 3.61. The van der Waals surface area contributed by atoms with Crippen molar-refractivity contribution in [3.8, 4) is 0 Å². The van der Waals surface area contributed by atoms with E-state index in [-0.39, 0.29) is 17.1 Å².